The second-order valence-electron chi connectivity index (χ2n) is 6.83. The van der Waals surface area contributed by atoms with Gasteiger partial charge in [-0.15, -0.1) is 0 Å². The summed E-state index contributed by atoms with van der Waals surface area (Å²) in [7, 11) is 0. The van der Waals surface area contributed by atoms with Crippen molar-refractivity contribution < 1.29 is 13.9 Å². The van der Waals surface area contributed by atoms with Crippen LogP contribution in [-0.4, -0.2) is 52.7 Å². The number of fused-ring (bicyclic) bond motifs is 2. The molecule has 7 heteroatoms. The molecule has 0 N–H and O–H groups in total. The molecule has 2 aromatic rings. The minimum Gasteiger partial charge on any atom is -0.448 e. The van der Waals surface area contributed by atoms with Crippen LogP contribution in [0.4, 0.5) is 10.7 Å². The number of furan rings is 1. The maximum Gasteiger partial charge on any atom is 0.417 e. The van der Waals surface area contributed by atoms with Gasteiger partial charge in [0.05, 0.1) is 18.4 Å². The van der Waals surface area contributed by atoms with Crippen molar-refractivity contribution in [3.05, 3.63) is 30.9 Å². The number of aromatic nitrogens is 2. The topological polar surface area (TPSA) is 71.7 Å². The van der Waals surface area contributed by atoms with Crippen LogP contribution in [0.3, 0.4) is 0 Å². The number of amides is 1. The molecule has 2 bridgehead atoms. The Labute approximate surface area is 139 Å². The molecule has 7 nitrogen and oxygen atoms in total. The summed E-state index contributed by atoms with van der Waals surface area (Å²) in [5.41, 5.74) is 1.14. The fourth-order valence-electron chi connectivity index (χ4n) is 4.23. The van der Waals surface area contributed by atoms with Gasteiger partial charge in [0.15, 0.2) is 0 Å². The van der Waals surface area contributed by atoms with Gasteiger partial charge >= 0.3 is 6.09 Å². The summed E-state index contributed by atoms with van der Waals surface area (Å²) < 4.78 is 11.5. The zero-order valence-electron chi connectivity index (χ0n) is 13.2. The first kappa shape index (κ1) is 14.0. The SMILES string of the molecule is O=C1OC2(CN3CCC2CC3)CN1c1cc(-c2cnccn2)co1. The molecule has 1 atom stereocenters. The lowest BCUT2D eigenvalue weighted by atomic mass is 9.75. The van der Waals surface area contributed by atoms with Gasteiger partial charge in [0.25, 0.3) is 0 Å². The number of nitrogens with zero attached hydrogens (tertiary/aromatic N) is 4. The van der Waals surface area contributed by atoms with Gasteiger partial charge in [-0.2, -0.15) is 0 Å². The quantitative estimate of drug-likeness (QED) is 0.842. The zero-order chi connectivity index (χ0) is 16.1. The van der Waals surface area contributed by atoms with Crippen molar-refractivity contribution >= 4 is 12.0 Å². The lowest BCUT2D eigenvalue weighted by Gasteiger charge is -2.49. The molecule has 4 fully saturated rings. The number of carbonyl (C=O) groups is 1. The van der Waals surface area contributed by atoms with Gasteiger partial charge in [-0.25, -0.2) is 9.69 Å². The van der Waals surface area contributed by atoms with Crippen LogP contribution in [-0.2, 0) is 4.74 Å². The summed E-state index contributed by atoms with van der Waals surface area (Å²) in [4.78, 5) is 24.8. The Morgan fingerprint density at radius 2 is 2.08 bits per heavy atom. The van der Waals surface area contributed by atoms with E-state index in [0.29, 0.717) is 18.3 Å². The van der Waals surface area contributed by atoms with E-state index >= 15 is 0 Å². The van der Waals surface area contributed by atoms with E-state index in [1.165, 1.54) is 0 Å². The van der Waals surface area contributed by atoms with E-state index in [1.54, 1.807) is 29.8 Å². The number of carbonyl (C=O) groups excluding carboxylic acids is 1. The van der Waals surface area contributed by atoms with Crippen LogP contribution in [0.1, 0.15) is 12.8 Å². The van der Waals surface area contributed by atoms with Crippen molar-refractivity contribution in [2.75, 3.05) is 31.1 Å². The zero-order valence-corrected chi connectivity index (χ0v) is 13.2. The summed E-state index contributed by atoms with van der Waals surface area (Å²) in [6, 6.07) is 1.83. The van der Waals surface area contributed by atoms with Crippen LogP contribution in [0.5, 0.6) is 0 Å². The van der Waals surface area contributed by atoms with Crippen LogP contribution in [0.15, 0.2) is 35.3 Å². The second-order valence-corrected chi connectivity index (χ2v) is 6.83. The molecule has 6 rings (SSSR count). The van der Waals surface area contributed by atoms with Crippen LogP contribution in [0.2, 0.25) is 0 Å². The molecule has 0 saturated carbocycles. The van der Waals surface area contributed by atoms with Gasteiger partial charge in [-0.05, 0) is 25.9 Å². The van der Waals surface area contributed by atoms with E-state index in [4.69, 9.17) is 9.15 Å². The Hall–Kier alpha value is -2.41. The van der Waals surface area contributed by atoms with Crippen LogP contribution < -0.4 is 4.90 Å². The molecule has 0 aliphatic carbocycles. The molecule has 0 aromatic carbocycles. The Balaban J connectivity index is 1.42. The minimum atomic E-state index is -0.382. The van der Waals surface area contributed by atoms with Gasteiger partial charge in [0.1, 0.15) is 11.9 Å². The minimum absolute atomic E-state index is 0.316. The monoisotopic (exact) mass is 326 g/mol. The molecule has 4 aliphatic heterocycles. The first-order valence-electron chi connectivity index (χ1n) is 8.31. The lowest BCUT2D eigenvalue weighted by Crippen LogP contribution is -2.61. The van der Waals surface area contributed by atoms with Gasteiger partial charge in [0.2, 0.25) is 5.88 Å². The largest absolute Gasteiger partial charge is 0.448 e. The van der Waals surface area contributed by atoms with Crippen LogP contribution >= 0.6 is 0 Å². The predicted molar refractivity (Wildman–Crippen MR) is 85.5 cm³/mol. The van der Waals surface area contributed by atoms with E-state index in [2.05, 4.69) is 14.9 Å². The number of piperidine rings is 3. The fourth-order valence-corrected chi connectivity index (χ4v) is 4.23. The van der Waals surface area contributed by atoms with E-state index in [-0.39, 0.29) is 11.7 Å². The fraction of sp³-hybridized carbons (Fsp3) is 0.471. The molecular formula is C17H18N4O3. The van der Waals surface area contributed by atoms with Crippen molar-refractivity contribution in [3.8, 4) is 11.3 Å². The maximum absolute atomic E-state index is 12.5. The number of hydrogen-bond donors (Lipinski definition) is 0. The molecule has 2 aromatic heterocycles. The summed E-state index contributed by atoms with van der Waals surface area (Å²) in [5.74, 6) is 0.958. The summed E-state index contributed by atoms with van der Waals surface area (Å²) >= 11 is 0. The van der Waals surface area contributed by atoms with Crippen molar-refractivity contribution in [2.45, 2.75) is 18.4 Å². The third-order valence-corrected chi connectivity index (χ3v) is 5.47. The van der Waals surface area contributed by atoms with Crippen LogP contribution in [0.25, 0.3) is 11.3 Å². The third kappa shape index (κ3) is 2.04. The maximum atomic E-state index is 12.5. The number of anilines is 1. The van der Waals surface area contributed by atoms with Gasteiger partial charge in [0, 0.05) is 36.5 Å². The Morgan fingerprint density at radius 1 is 1.21 bits per heavy atom. The molecule has 4 aliphatic rings. The molecular weight excluding hydrogens is 308 g/mol. The highest BCUT2D eigenvalue weighted by atomic mass is 16.6. The van der Waals surface area contributed by atoms with Crippen molar-refractivity contribution in [1.29, 1.82) is 0 Å². The standard InChI is InChI=1S/C17H18N4O3/c22-16-21(11-17(24-16)10-20-5-1-13(17)2-6-20)15-7-12(9-23-15)14-8-18-3-4-19-14/h3-4,7-9,13H,1-2,5-6,10-11H2. The number of ether oxygens (including phenoxy) is 1. The van der Waals surface area contributed by atoms with E-state index < -0.39 is 0 Å². The summed E-state index contributed by atoms with van der Waals surface area (Å²) in [6.07, 6.45) is 8.42. The highest BCUT2D eigenvalue weighted by Gasteiger charge is 2.56. The summed E-state index contributed by atoms with van der Waals surface area (Å²) in [6.45, 7) is 3.61. The second kappa shape index (κ2) is 5.04. The van der Waals surface area contributed by atoms with E-state index in [1.807, 2.05) is 6.07 Å². The first-order chi connectivity index (χ1) is 11.7. The van der Waals surface area contributed by atoms with Crippen LogP contribution in [0, 0.1) is 5.92 Å². The molecule has 0 radical (unpaired) electrons. The molecule has 4 saturated heterocycles. The normalized spacial score (nSPS) is 31.7. The van der Waals surface area contributed by atoms with Crippen molar-refractivity contribution in [2.24, 2.45) is 5.92 Å². The van der Waals surface area contributed by atoms with Crippen molar-refractivity contribution in [1.82, 2.24) is 14.9 Å². The van der Waals surface area contributed by atoms with E-state index in [0.717, 1.165) is 43.7 Å². The first-order valence-corrected chi connectivity index (χ1v) is 8.31. The summed E-state index contributed by atoms with van der Waals surface area (Å²) in [5, 5.41) is 0. The van der Waals surface area contributed by atoms with Crippen molar-refractivity contribution in [3.63, 3.8) is 0 Å². The van der Waals surface area contributed by atoms with Gasteiger partial charge < -0.3 is 9.15 Å². The highest BCUT2D eigenvalue weighted by Crippen LogP contribution is 2.43. The average molecular weight is 326 g/mol. The Bertz CT molecular complexity index is 769. The molecule has 1 unspecified atom stereocenters. The highest BCUT2D eigenvalue weighted by molar-refractivity contribution is 5.89. The number of hydrogen-bond acceptors (Lipinski definition) is 6. The molecule has 124 valence electrons. The van der Waals surface area contributed by atoms with E-state index in [9.17, 15) is 4.79 Å². The Kier molecular flexibility index (Phi) is 2.94. The van der Waals surface area contributed by atoms with Gasteiger partial charge in [-0.1, -0.05) is 0 Å². The number of rotatable bonds is 2. The smallest absolute Gasteiger partial charge is 0.417 e. The Morgan fingerprint density at radius 3 is 2.79 bits per heavy atom. The average Bonchev–Trinajstić information content (AvgIpc) is 3.22. The molecule has 6 heterocycles. The molecule has 1 spiro atoms. The van der Waals surface area contributed by atoms with Gasteiger partial charge in [-0.3, -0.25) is 14.9 Å². The predicted octanol–water partition coefficient (Wildman–Crippen LogP) is 2.16. The molecule has 1 amide bonds. The molecule has 24 heavy (non-hydrogen) atoms. The third-order valence-electron chi connectivity index (χ3n) is 5.47. The lowest BCUT2D eigenvalue weighted by molar-refractivity contribution is -0.0881.